The molecule has 0 radical (unpaired) electrons. The van der Waals surface area contributed by atoms with Crippen LogP contribution in [-0.2, 0) is 6.54 Å². The Balaban J connectivity index is 2.07. The molecule has 5 heteroatoms. The minimum Gasteiger partial charge on any atom is -0.478 e. The van der Waals surface area contributed by atoms with Crippen LogP contribution < -0.4 is 0 Å². The third-order valence-electron chi connectivity index (χ3n) is 3.74. The maximum Gasteiger partial charge on any atom is 0.335 e. The van der Waals surface area contributed by atoms with Gasteiger partial charge in [0.05, 0.1) is 16.6 Å². The molecule has 20 heavy (non-hydrogen) atoms. The van der Waals surface area contributed by atoms with Gasteiger partial charge in [0.1, 0.15) is 5.82 Å². The number of imidazole rings is 1. The zero-order chi connectivity index (χ0) is 14.3. The molecule has 0 aliphatic heterocycles. The number of hydrogen-bond acceptors (Lipinski definition) is 3. The van der Waals surface area contributed by atoms with E-state index in [1.165, 1.54) is 12.8 Å². The molecule has 1 saturated carbocycles. The van der Waals surface area contributed by atoms with Crippen LogP contribution in [0.1, 0.15) is 34.9 Å². The van der Waals surface area contributed by atoms with Crippen LogP contribution in [0.25, 0.3) is 11.0 Å². The Morgan fingerprint density at radius 2 is 2.20 bits per heavy atom. The Labute approximate surface area is 117 Å². The summed E-state index contributed by atoms with van der Waals surface area (Å²) in [6.07, 6.45) is 2.38. The summed E-state index contributed by atoms with van der Waals surface area (Å²) in [7, 11) is 4.08. The first-order valence-electron chi connectivity index (χ1n) is 6.94. The summed E-state index contributed by atoms with van der Waals surface area (Å²) in [5, 5.41) is 9.14. The Morgan fingerprint density at radius 1 is 1.45 bits per heavy atom. The van der Waals surface area contributed by atoms with Gasteiger partial charge in [-0.2, -0.15) is 0 Å². The molecule has 0 unspecified atom stereocenters. The number of hydrogen-bond donors (Lipinski definition) is 1. The van der Waals surface area contributed by atoms with Gasteiger partial charge < -0.3 is 14.6 Å². The predicted molar refractivity (Wildman–Crippen MR) is 77.2 cm³/mol. The van der Waals surface area contributed by atoms with Gasteiger partial charge in [0.15, 0.2) is 0 Å². The van der Waals surface area contributed by atoms with Gasteiger partial charge in [-0.25, -0.2) is 9.78 Å². The number of carbonyl (C=O) groups is 1. The highest BCUT2D eigenvalue weighted by molar-refractivity contribution is 5.92. The first kappa shape index (κ1) is 13.1. The summed E-state index contributed by atoms with van der Waals surface area (Å²) in [5.74, 6) is 0.780. The number of benzene rings is 1. The van der Waals surface area contributed by atoms with Gasteiger partial charge in [0, 0.05) is 19.0 Å². The minimum absolute atomic E-state index is 0.325. The molecule has 0 atom stereocenters. The second-order valence-corrected chi connectivity index (χ2v) is 5.71. The average Bonchev–Trinajstić information content (AvgIpc) is 3.17. The van der Waals surface area contributed by atoms with Gasteiger partial charge in [-0.1, -0.05) is 0 Å². The lowest BCUT2D eigenvalue weighted by Crippen LogP contribution is -2.19. The van der Waals surface area contributed by atoms with E-state index in [4.69, 9.17) is 10.1 Å². The van der Waals surface area contributed by atoms with Crippen molar-refractivity contribution >= 4 is 17.0 Å². The second-order valence-electron chi connectivity index (χ2n) is 5.71. The highest BCUT2D eigenvalue weighted by atomic mass is 16.4. The van der Waals surface area contributed by atoms with Gasteiger partial charge >= 0.3 is 5.97 Å². The number of carboxylic acid groups (broad SMARTS) is 1. The summed E-state index contributed by atoms with van der Waals surface area (Å²) >= 11 is 0. The fraction of sp³-hybridized carbons (Fsp3) is 0.467. The van der Waals surface area contributed by atoms with Crippen LogP contribution in [0.15, 0.2) is 18.2 Å². The summed E-state index contributed by atoms with van der Waals surface area (Å²) in [6.45, 7) is 1.76. The van der Waals surface area contributed by atoms with Gasteiger partial charge in [-0.05, 0) is 45.1 Å². The van der Waals surface area contributed by atoms with Gasteiger partial charge in [-0.3, -0.25) is 0 Å². The SMILES string of the molecule is CN(C)CCn1c(C2CC2)nc2ccc(C(=O)O)cc21. The number of aromatic nitrogens is 2. The number of nitrogens with zero attached hydrogens (tertiary/aromatic N) is 3. The Kier molecular flexibility index (Phi) is 3.22. The van der Waals surface area contributed by atoms with Crippen molar-refractivity contribution in [2.75, 3.05) is 20.6 Å². The fourth-order valence-corrected chi connectivity index (χ4v) is 2.46. The van der Waals surface area contributed by atoms with Crippen molar-refractivity contribution in [3.8, 4) is 0 Å². The molecule has 0 saturated heterocycles. The van der Waals surface area contributed by atoms with E-state index in [1.807, 2.05) is 20.2 Å². The predicted octanol–water partition coefficient (Wildman–Crippen LogP) is 2.17. The Bertz CT molecular complexity index is 656. The number of fused-ring (bicyclic) bond motifs is 1. The molecule has 5 nitrogen and oxygen atoms in total. The first-order valence-corrected chi connectivity index (χ1v) is 6.94. The summed E-state index contributed by atoms with van der Waals surface area (Å²) < 4.78 is 2.19. The van der Waals surface area contributed by atoms with Crippen molar-refractivity contribution < 1.29 is 9.90 Å². The molecule has 1 aromatic heterocycles. The molecular formula is C15H19N3O2. The summed E-state index contributed by atoms with van der Waals surface area (Å²) in [5.41, 5.74) is 2.16. The van der Waals surface area contributed by atoms with Crippen LogP contribution in [-0.4, -0.2) is 46.2 Å². The molecule has 1 N–H and O–H groups in total. The van der Waals surface area contributed by atoms with Crippen molar-refractivity contribution in [1.29, 1.82) is 0 Å². The minimum atomic E-state index is -0.889. The van der Waals surface area contributed by atoms with E-state index in [-0.39, 0.29) is 0 Å². The quantitative estimate of drug-likeness (QED) is 0.907. The molecular weight excluding hydrogens is 254 g/mol. The lowest BCUT2D eigenvalue weighted by atomic mass is 10.2. The average molecular weight is 273 g/mol. The number of likely N-dealkylation sites (N-methyl/N-ethyl adjacent to an activating group) is 1. The third kappa shape index (κ3) is 2.41. The maximum absolute atomic E-state index is 11.1. The standard InChI is InChI=1S/C15H19N3O2/c1-17(2)7-8-18-13-9-11(15(19)20)5-6-12(13)16-14(18)10-3-4-10/h5-6,9-10H,3-4,7-8H2,1-2H3,(H,19,20). The van der Waals surface area contributed by atoms with Crippen molar-refractivity contribution in [2.24, 2.45) is 0 Å². The van der Waals surface area contributed by atoms with Gasteiger partial charge in [-0.15, -0.1) is 0 Å². The molecule has 0 spiro atoms. The number of carboxylic acids is 1. The van der Waals surface area contributed by atoms with Gasteiger partial charge in [0.25, 0.3) is 0 Å². The molecule has 3 rings (SSSR count). The lowest BCUT2D eigenvalue weighted by molar-refractivity contribution is 0.0697. The van der Waals surface area contributed by atoms with Crippen LogP contribution in [0.5, 0.6) is 0 Å². The highest BCUT2D eigenvalue weighted by Crippen LogP contribution is 2.40. The number of aromatic carboxylic acids is 1. The fourth-order valence-electron chi connectivity index (χ4n) is 2.46. The largest absolute Gasteiger partial charge is 0.478 e. The van der Waals surface area contributed by atoms with E-state index in [2.05, 4.69) is 9.47 Å². The summed E-state index contributed by atoms with van der Waals surface area (Å²) in [4.78, 5) is 18.0. The number of rotatable bonds is 5. The molecule has 1 aliphatic rings. The van der Waals surface area contributed by atoms with E-state index >= 15 is 0 Å². The van der Waals surface area contributed by atoms with Gasteiger partial charge in [0.2, 0.25) is 0 Å². The van der Waals surface area contributed by atoms with Crippen molar-refractivity contribution in [1.82, 2.24) is 14.5 Å². The zero-order valence-electron chi connectivity index (χ0n) is 11.8. The highest BCUT2D eigenvalue weighted by Gasteiger charge is 2.29. The summed E-state index contributed by atoms with van der Waals surface area (Å²) in [6, 6.07) is 5.19. The van der Waals surface area contributed by atoms with E-state index in [0.29, 0.717) is 11.5 Å². The van der Waals surface area contributed by atoms with Crippen molar-refractivity contribution in [3.63, 3.8) is 0 Å². The van der Waals surface area contributed by atoms with E-state index in [9.17, 15) is 4.79 Å². The van der Waals surface area contributed by atoms with E-state index in [0.717, 1.165) is 29.9 Å². The van der Waals surface area contributed by atoms with Crippen LogP contribution in [0.2, 0.25) is 0 Å². The van der Waals surface area contributed by atoms with Crippen molar-refractivity contribution in [3.05, 3.63) is 29.6 Å². The maximum atomic E-state index is 11.1. The second kappa shape index (κ2) is 4.90. The zero-order valence-corrected chi connectivity index (χ0v) is 11.8. The molecule has 1 aliphatic carbocycles. The van der Waals surface area contributed by atoms with E-state index < -0.39 is 5.97 Å². The molecule has 1 aromatic carbocycles. The molecule has 1 heterocycles. The first-order chi connectivity index (χ1) is 9.56. The van der Waals surface area contributed by atoms with Crippen LogP contribution in [0.4, 0.5) is 0 Å². The molecule has 0 amide bonds. The van der Waals surface area contributed by atoms with Crippen molar-refractivity contribution in [2.45, 2.75) is 25.3 Å². The lowest BCUT2D eigenvalue weighted by Gasteiger charge is -2.13. The molecule has 0 bridgehead atoms. The Morgan fingerprint density at radius 3 is 2.80 bits per heavy atom. The molecule has 1 fully saturated rings. The topological polar surface area (TPSA) is 58.4 Å². The smallest absolute Gasteiger partial charge is 0.335 e. The Hall–Kier alpha value is -1.88. The van der Waals surface area contributed by atoms with E-state index in [1.54, 1.807) is 12.1 Å². The van der Waals surface area contributed by atoms with Crippen LogP contribution >= 0.6 is 0 Å². The molecule has 106 valence electrons. The normalized spacial score (nSPS) is 15.2. The molecule has 2 aromatic rings. The third-order valence-corrected chi connectivity index (χ3v) is 3.74. The van der Waals surface area contributed by atoms with Crippen LogP contribution in [0.3, 0.4) is 0 Å². The monoisotopic (exact) mass is 273 g/mol. The van der Waals surface area contributed by atoms with Crippen LogP contribution in [0, 0.1) is 0 Å².